The summed E-state index contributed by atoms with van der Waals surface area (Å²) in [4.78, 5) is 11.0. The fourth-order valence-electron chi connectivity index (χ4n) is 1.42. The monoisotopic (exact) mass is 324 g/mol. The molecule has 5 nitrogen and oxygen atoms in total. The summed E-state index contributed by atoms with van der Waals surface area (Å²) >= 11 is 3.00. The molecule has 1 aliphatic rings. The van der Waals surface area contributed by atoms with Crippen molar-refractivity contribution < 1.29 is 32.9 Å². The molecule has 0 unspecified atom stereocenters. The molecule has 1 aliphatic heterocycles. The predicted molar refractivity (Wildman–Crippen MR) is 58.7 cm³/mol. The smallest absolute Gasteiger partial charge is 0.337 e. The number of fused-ring (bicyclic) bond motifs is 1. The van der Waals surface area contributed by atoms with E-state index in [-0.39, 0.29) is 34.1 Å². The lowest BCUT2D eigenvalue weighted by molar-refractivity contribution is 0.0693. The second-order valence-electron chi connectivity index (χ2n) is 3.31. The normalized spacial score (nSPS) is 12.9. The number of carbonyl (C=O) groups is 1. The summed E-state index contributed by atoms with van der Waals surface area (Å²) in [6.07, 6.45) is -2.68. The van der Waals surface area contributed by atoms with E-state index in [0.717, 1.165) is 0 Å². The van der Waals surface area contributed by atoms with Crippen molar-refractivity contribution in [1.82, 2.24) is 0 Å². The molecule has 98 valence electrons. The Morgan fingerprint density at radius 1 is 1.56 bits per heavy atom. The number of alkyl halides is 2. The van der Waals surface area contributed by atoms with Crippen molar-refractivity contribution in [3.8, 4) is 17.2 Å². The molecule has 18 heavy (non-hydrogen) atoms. The molecular weight excluding hydrogens is 318 g/mol. The maximum absolute atomic E-state index is 12.1. The van der Waals surface area contributed by atoms with Crippen LogP contribution in [0.2, 0.25) is 0 Å². The number of hydrogen-bond donors (Lipinski definition) is 1. The Hall–Kier alpha value is -1.57. The van der Waals surface area contributed by atoms with Crippen LogP contribution < -0.4 is 14.2 Å². The van der Waals surface area contributed by atoms with Crippen molar-refractivity contribution in [2.45, 2.75) is 6.43 Å². The highest BCUT2D eigenvalue weighted by Gasteiger charge is 2.27. The SMILES string of the molecule is O=C(O)c1cc2c(c(OCC(F)F)c1Br)OCO2. The average molecular weight is 325 g/mol. The van der Waals surface area contributed by atoms with E-state index >= 15 is 0 Å². The highest BCUT2D eigenvalue weighted by molar-refractivity contribution is 9.10. The lowest BCUT2D eigenvalue weighted by atomic mass is 10.2. The molecule has 1 heterocycles. The molecule has 0 spiro atoms. The number of ether oxygens (including phenoxy) is 3. The Bertz CT molecular complexity index is 492. The number of carboxylic acids is 1. The van der Waals surface area contributed by atoms with E-state index in [1.54, 1.807) is 0 Å². The van der Waals surface area contributed by atoms with E-state index in [4.69, 9.17) is 19.3 Å². The molecule has 0 atom stereocenters. The zero-order valence-corrected chi connectivity index (χ0v) is 10.4. The zero-order valence-electron chi connectivity index (χ0n) is 8.78. The minimum Gasteiger partial charge on any atom is -0.482 e. The van der Waals surface area contributed by atoms with Crippen molar-refractivity contribution in [3.05, 3.63) is 16.1 Å². The van der Waals surface area contributed by atoms with Gasteiger partial charge in [0.2, 0.25) is 12.5 Å². The second-order valence-corrected chi connectivity index (χ2v) is 4.10. The number of benzene rings is 1. The van der Waals surface area contributed by atoms with Crippen molar-refractivity contribution in [3.63, 3.8) is 0 Å². The third kappa shape index (κ3) is 2.33. The van der Waals surface area contributed by atoms with Gasteiger partial charge in [-0.2, -0.15) is 0 Å². The van der Waals surface area contributed by atoms with Crippen LogP contribution in [0.1, 0.15) is 10.4 Å². The molecular formula is C10H7BrF2O5. The number of aromatic carboxylic acids is 1. The van der Waals surface area contributed by atoms with Crippen LogP contribution in [0.3, 0.4) is 0 Å². The molecule has 2 rings (SSSR count). The quantitative estimate of drug-likeness (QED) is 0.921. The van der Waals surface area contributed by atoms with Gasteiger partial charge in [0.05, 0.1) is 10.0 Å². The van der Waals surface area contributed by atoms with Gasteiger partial charge in [0, 0.05) is 6.07 Å². The van der Waals surface area contributed by atoms with Crippen molar-refractivity contribution in [2.75, 3.05) is 13.4 Å². The Kier molecular flexibility index (Phi) is 3.55. The second kappa shape index (κ2) is 4.97. The van der Waals surface area contributed by atoms with Crippen LogP contribution in [0.5, 0.6) is 17.2 Å². The van der Waals surface area contributed by atoms with Gasteiger partial charge in [-0.05, 0) is 15.9 Å². The third-order valence-electron chi connectivity index (χ3n) is 2.14. The minimum absolute atomic E-state index is 0.0416. The van der Waals surface area contributed by atoms with Crippen molar-refractivity contribution in [1.29, 1.82) is 0 Å². The minimum atomic E-state index is -2.68. The summed E-state index contributed by atoms with van der Waals surface area (Å²) in [6, 6.07) is 1.24. The fourth-order valence-corrected chi connectivity index (χ4v) is 2.00. The van der Waals surface area contributed by atoms with Crippen LogP contribution in [-0.4, -0.2) is 30.9 Å². The van der Waals surface area contributed by atoms with Crippen LogP contribution >= 0.6 is 15.9 Å². The summed E-state index contributed by atoms with van der Waals surface area (Å²) in [6.45, 7) is -0.979. The van der Waals surface area contributed by atoms with E-state index in [2.05, 4.69) is 15.9 Å². The summed E-state index contributed by atoms with van der Waals surface area (Å²) < 4.78 is 39.3. The third-order valence-corrected chi connectivity index (χ3v) is 2.93. The molecule has 8 heteroatoms. The van der Waals surface area contributed by atoms with E-state index in [0.29, 0.717) is 0 Å². The van der Waals surface area contributed by atoms with Gasteiger partial charge < -0.3 is 19.3 Å². The molecule has 1 aromatic rings. The van der Waals surface area contributed by atoms with Gasteiger partial charge in [-0.1, -0.05) is 0 Å². The molecule has 1 N–H and O–H groups in total. The molecule has 0 saturated heterocycles. The largest absolute Gasteiger partial charge is 0.482 e. The molecule has 0 radical (unpaired) electrons. The summed E-state index contributed by atoms with van der Waals surface area (Å²) in [5.74, 6) is -1.06. The first-order valence-corrected chi connectivity index (χ1v) is 5.56. The maximum Gasteiger partial charge on any atom is 0.337 e. The Morgan fingerprint density at radius 3 is 2.89 bits per heavy atom. The van der Waals surface area contributed by atoms with E-state index in [1.165, 1.54) is 6.07 Å². The van der Waals surface area contributed by atoms with Gasteiger partial charge in [0.25, 0.3) is 6.43 Å². The van der Waals surface area contributed by atoms with Gasteiger partial charge in [0.1, 0.15) is 6.61 Å². The van der Waals surface area contributed by atoms with Gasteiger partial charge in [-0.15, -0.1) is 0 Å². The summed E-state index contributed by atoms with van der Waals surface area (Å²) in [5.41, 5.74) is -0.150. The first-order valence-electron chi connectivity index (χ1n) is 4.77. The molecule has 0 aliphatic carbocycles. The van der Waals surface area contributed by atoms with Crippen molar-refractivity contribution in [2.24, 2.45) is 0 Å². The Morgan fingerprint density at radius 2 is 2.28 bits per heavy atom. The lowest BCUT2D eigenvalue weighted by Crippen LogP contribution is -2.09. The Labute approximate surface area is 108 Å². The van der Waals surface area contributed by atoms with Crippen LogP contribution in [0.4, 0.5) is 8.78 Å². The van der Waals surface area contributed by atoms with Gasteiger partial charge in [-0.3, -0.25) is 0 Å². The highest BCUT2D eigenvalue weighted by atomic mass is 79.9. The summed E-state index contributed by atoms with van der Waals surface area (Å²) in [5, 5.41) is 8.97. The highest BCUT2D eigenvalue weighted by Crippen LogP contribution is 2.47. The molecule has 0 bridgehead atoms. The molecule has 0 saturated carbocycles. The number of rotatable bonds is 4. The predicted octanol–water partition coefficient (Wildman–Crippen LogP) is 2.52. The first-order chi connectivity index (χ1) is 8.50. The maximum atomic E-state index is 12.1. The topological polar surface area (TPSA) is 65.0 Å². The molecule has 1 aromatic carbocycles. The lowest BCUT2D eigenvalue weighted by Gasteiger charge is -2.12. The Balaban J connectivity index is 2.45. The van der Waals surface area contributed by atoms with Gasteiger partial charge in [-0.25, -0.2) is 13.6 Å². The first kappa shape index (κ1) is 12.9. The fraction of sp³-hybridized carbons (Fsp3) is 0.300. The average Bonchev–Trinajstić information content (AvgIpc) is 2.74. The van der Waals surface area contributed by atoms with E-state index < -0.39 is 19.0 Å². The molecule has 0 aromatic heterocycles. The standard InChI is InChI=1S/C10H7BrF2O5/c11-7-4(10(14)15)1-5-8(18-3-17-5)9(7)16-2-6(12)13/h1,6H,2-3H2,(H,14,15). The van der Waals surface area contributed by atoms with Crippen molar-refractivity contribution >= 4 is 21.9 Å². The molecule has 0 amide bonds. The van der Waals surface area contributed by atoms with Crippen LogP contribution in [0.15, 0.2) is 10.5 Å². The van der Waals surface area contributed by atoms with Gasteiger partial charge >= 0.3 is 5.97 Å². The summed E-state index contributed by atoms with van der Waals surface area (Å²) in [7, 11) is 0. The zero-order chi connectivity index (χ0) is 13.3. The number of hydrogen-bond acceptors (Lipinski definition) is 4. The van der Waals surface area contributed by atoms with E-state index in [9.17, 15) is 13.6 Å². The molecule has 0 fully saturated rings. The van der Waals surface area contributed by atoms with Crippen LogP contribution in [0.25, 0.3) is 0 Å². The number of carboxylic acid groups (broad SMARTS) is 1. The van der Waals surface area contributed by atoms with Gasteiger partial charge in [0.15, 0.2) is 11.5 Å². The van der Waals surface area contributed by atoms with E-state index in [1.807, 2.05) is 0 Å². The van der Waals surface area contributed by atoms with Crippen LogP contribution in [-0.2, 0) is 0 Å². The number of halogens is 3. The van der Waals surface area contributed by atoms with Crippen LogP contribution in [0, 0.1) is 0 Å².